The van der Waals surface area contributed by atoms with Gasteiger partial charge in [-0.3, -0.25) is 0 Å². The molecule has 1 fully saturated rings. The molecule has 3 heterocycles. The fourth-order valence-corrected chi connectivity index (χ4v) is 8.68. The van der Waals surface area contributed by atoms with Crippen molar-refractivity contribution >= 4 is 88.3 Å². The molecule has 9 rings (SSSR count). The van der Waals surface area contributed by atoms with Crippen molar-refractivity contribution in [2.45, 2.75) is 6.92 Å². The van der Waals surface area contributed by atoms with Gasteiger partial charge in [0.1, 0.15) is 118 Å². The number of allylic oxidation sites excluding steroid dienone is 5. The Morgan fingerprint density at radius 2 is 0.714 bits per heavy atom. The molecule has 0 unspecified atom stereocenters. The molecule has 37 heteroatoms. The van der Waals surface area contributed by atoms with Gasteiger partial charge in [0.15, 0.2) is 92.6 Å². The van der Waals surface area contributed by atoms with E-state index in [1.807, 2.05) is 0 Å². The van der Waals surface area contributed by atoms with Crippen LogP contribution in [0.5, 0.6) is 0 Å². The van der Waals surface area contributed by atoms with Crippen molar-refractivity contribution in [2.24, 2.45) is 0 Å². The van der Waals surface area contributed by atoms with Crippen molar-refractivity contribution in [1.29, 1.82) is 63.1 Å². The van der Waals surface area contributed by atoms with Crippen molar-refractivity contribution in [3.05, 3.63) is 216 Å². The van der Waals surface area contributed by atoms with Crippen LogP contribution in [0.4, 0.5) is 78.8 Å². The predicted octanol–water partition coefficient (Wildman–Crippen LogP) is 11.3. The SMILES string of the molecule is N#CC(C#N)=c1c(F)c(F)c(=C(C#N)C#N)c(F)c1F.[C-]#[N+]C(=C1C(=C(C#N)c2c(F)c(C)c(C#N)c(F)c2F)C1=C(C#N)c1c(F)c(F)c([N+]#[C-])c(F)c1F)c1c(F)cc(C#N)c(F)c1F.[C-]#[N+]c1nc2c(nc1C#N)c1nc(C#N)c(C#N)nc1c1nc(C#N)c([N+]#[C-])nc12.[PH2-]. The van der Waals surface area contributed by atoms with Gasteiger partial charge in [0.25, 0.3) is 5.69 Å². The molecule has 0 amide bonds. The molecule has 1 aliphatic carbocycles. The largest absolute Gasteiger partial charge is 0.577 e. The number of hydrogen-bond donors (Lipinski definition) is 0. The third-order valence-electron chi connectivity index (χ3n) is 13.0. The minimum atomic E-state index is -2.40. The highest BCUT2D eigenvalue weighted by molar-refractivity contribution is 6.92. The lowest BCUT2D eigenvalue weighted by atomic mass is 9.96. The second kappa shape index (κ2) is 28.3. The summed E-state index contributed by atoms with van der Waals surface area (Å²) in [7, 11) is 0. The first-order chi connectivity index (χ1) is 46.2. The Balaban J connectivity index is 0.000000253. The smallest absolute Gasteiger partial charge is 0.307 e. The third-order valence-corrected chi connectivity index (χ3v) is 13.0. The molecule has 3 aromatic heterocycles. The normalized spacial score (nSPS) is 11.9. The Morgan fingerprint density at radius 3 is 1.03 bits per heavy atom. The number of nitrogens with zero attached hydrogens (tertiary/aromatic N) is 22. The summed E-state index contributed by atoms with van der Waals surface area (Å²) < 4.78 is 204. The Morgan fingerprint density at radius 1 is 0.367 bits per heavy atom. The van der Waals surface area contributed by atoms with Crippen LogP contribution < -0.4 is 10.4 Å². The minimum absolute atomic E-state index is 0. The van der Waals surface area contributed by atoms with Gasteiger partial charge >= 0.3 is 11.6 Å². The molecule has 1 saturated carbocycles. The van der Waals surface area contributed by atoms with E-state index in [2.05, 4.69) is 49.3 Å². The van der Waals surface area contributed by atoms with Gasteiger partial charge < -0.3 is 19.6 Å². The maximum atomic E-state index is 15.4. The summed E-state index contributed by atoms with van der Waals surface area (Å²) in [4.78, 5) is 36.2. The standard InChI is InChI=1S/C31H4F10N6.C18N12.C12F4N4.H2P/c1-9-11(6-43)23(35)24(36)17(21(9)33)12(7-44)15-16(13(8-45)18-25(37)28(40)31(47-3)29(41)26(18)38)20(15)30(46-2)19-14(32)4-10(5-42)22(34)27(19)39;1-23-17-9(5-21)27-13-11-12(26-8(4-20)7(3-19)25-11)14-16(15(13)29-17)30-18(24-2)10(6-22)28-14;13-9-7(5(1-17)2-18)10(14)12(16)8(11(9)15)6(3-19)4-20;/h4H,1H3;;;1H2/q;;;-1. The summed E-state index contributed by atoms with van der Waals surface area (Å²) >= 11 is 0. The average molecular weight is 1340 g/mol. The fraction of sp³-hybridized carbons (Fsp3) is 0.0164. The molecule has 0 bridgehead atoms. The Labute approximate surface area is 537 Å². The zero-order chi connectivity index (χ0) is 72.1. The molecular weight excluding hydrogens is 1340 g/mol. The Hall–Kier alpha value is -15.6. The van der Waals surface area contributed by atoms with Gasteiger partial charge in [0.05, 0.1) is 62.5 Å². The molecule has 8 aromatic rings. The monoisotopic (exact) mass is 1340 g/mol. The first kappa shape index (κ1) is 71.4. The van der Waals surface area contributed by atoms with Crippen LogP contribution in [0.3, 0.4) is 0 Å². The molecule has 0 atom stereocenters. The van der Waals surface area contributed by atoms with Crippen LogP contribution >= 0.6 is 9.90 Å². The number of rotatable bonds is 3. The number of nitriles is 12. The highest BCUT2D eigenvalue weighted by atomic mass is 31.0. The van der Waals surface area contributed by atoms with Gasteiger partial charge in [0, 0.05) is 5.56 Å². The molecule has 22 nitrogen and oxygen atoms in total. The number of aromatic nitrogens is 6. The van der Waals surface area contributed by atoms with Crippen LogP contribution in [0.2, 0.25) is 0 Å². The number of fused-ring (bicyclic) bond motifs is 6. The van der Waals surface area contributed by atoms with Crippen LogP contribution in [0, 0.1) is 251 Å². The molecule has 0 saturated heterocycles. The number of benzene rings is 5. The van der Waals surface area contributed by atoms with Crippen molar-refractivity contribution in [3.8, 4) is 72.8 Å². The molecule has 1 aliphatic rings. The van der Waals surface area contributed by atoms with E-state index in [4.69, 9.17) is 57.9 Å². The molecule has 0 aliphatic heterocycles. The van der Waals surface area contributed by atoms with E-state index in [0.29, 0.717) is 0 Å². The van der Waals surface area contributed by atoms with Crippen molar-refractivity contribution in [3.63, 3.8) is 0 Å². The minimum Gasteiger partial charge on any atom is -0.577 e. The van der Waals surface area contributed by atoms with Gasteiger partial charge in [-0.15, -0.1) is 9.97 Å². The van der Waals surface area contributed by atoms with Crippen LogP contribution in [-0.4, -0.2) is 29.9 Å². The second-order valence-corrected chi connectivity index (χ2v) is 17.8. The first-order valence-electron chi connectivity index (χ1n) is 24.4. The van der Waals surface area contributed by atoms with E-state index in [1.165, 1.54) is 12.1 Å². The third kappa shape index (κ3) is 11.4. The maximum absolute atomic E-state index is 15.4. The van der Waals surface area contributed by atoms with Crippen molar-refractivity contribution < 1.29 is 61.5 Å². The van der Waals surface area contributed by atoms with E-state index < -0.39 is 176 Å². The lowest BCUT2D eigenvalue weighted by Gasteiger charge is -2.09. The number of halogens is 14. The zero-order valence-corrected chi connectivity index (χ0v) is 47.9. The van der Waals surface area contributed by atoms with Gasteiger partial charge in [-0.1, -0.05) is 13.1 Å². The molecule has 464 valence electrons. The van der Waals surface area contributed by atoms with E-state index in [1.54, 1.807) is 24.3 Å². The van der Waals surface area contributed by atoms with E-state index >= 15 is 26.3 Å². The maximum Gasteiger partial charge on any atom is 0.307 e. The second-order valence-electron chi connectivity index (χ2n) is 17.8. The van der Waals surface area contributed by atoms with Gasteiger partial charge in [-0.25, -0.2) is 91.1 Å². The van der Waals surface area contributed by atoms with Crippen LogP contribution in [0.25, 0.3) is 80.5 Å². The lowest BCUT2D eigenvalue weighted by Crippen LogP contribution is -2.31. The Bertz CT molecular complexity index is 5450. The molecule has 0 radical (unpaired) electrons. The highest BCUT2D eigenvalue weighted by Crippen LogP contribution is 2.58. The zero-order valence-electron chi connectivity index (χ0n) is 46.8. The van der Waals surface area contributed by atoms with Crippen molar-refractivity contribution in [1.82, 2.24) is 29.9 Å². The van der Waals surface area contributed by atoms with Crippen LogP contribution in [-0.2, 0) is 0 Å². The predicted molar refractivity (Wildman–Crippen MR) is 300 cm³/mol. The van der Waals surface area contributed by atoms with E-state index in [9.17, 15) is 66.7 Å². The summed E-state index contributed by atoms with van der Waals surface area (Å²) in [5.74, 6) is -30.3. The summed E-state index contributed by atoms with van der Waals surface area (Å²) in [6, 6.07) is 16.1. The Kier molecular flexibility index (Phi) is 20.6. The van der Waals surface area contributed by atoms with Crippen LogP contribution in [0.15, 0.2) is 22.8 Å². The van der Waals surface area contributed by atoms with E-state index in [-0.39, 0.29) is 83.5 Å². The molecule has 5 aromatic carbocycles. The molecular formula is C61H6F14N22P-. The highest BCUT2D eigenvalue weighted by Gasteiger charge is 2.46. The first-order valence-corrected chi connectivity index (χ1v) is 24.4. The fourth-order valence-electron chi connectivity index (χ4n) is 8.68. The quantitative estimate of drug-likeness (QED) is 0.0396. The average Bonchev–Trinajstić information content (AvgIpc) is 1.49. The van der Waals surface area contributed by atoms with Gasteiger partial charge in [0.2, 0.25) is 16.7 Å². The molecule has 98 heavy (non-hydrogen) atoms. The summed E-state index contributed by atoms with van der Waals surface area (Å²) in [5.41, 5.74) is -21.7. The van der Waals surface area contributed by atoms with E-state index in [0.717, 1.165) is 43.3 Å². The van der Waals surface area contributed by atoms with Crippen LogP contribution in [0.1, 0.15) is 56.2 Å². The number of hydrogen-bond acceptors (Lipinski definition) is 18. The summed E-state index contributed by atoms with van der Waals surface area (Å²) in [6.45, 7) is 29.5. The topological polar surface area (TPSA) is 380 Å². The summed E-state index contributed by atoms with van der Waals surface area (Å²) in [6.07, 6.45) is 0. The molecule has 0 N–H and O–H groups in total. The van der Waals surface area contributed by atoms with Crippen molar-refractivity contribution in [2.75, 3.05) is 0 Å². The van der Waals surface area contributed by atoms with Gasteiger partial charge in [-0.05, 0) is 29.7 Å². The summed E-state index contributed by atoms with van der Waals surface area (Å²) in [5, 5.41) is 106. The van der Waals surface area contributed by atoms with Gasteiger partial charge in [-0.2, -0.15) is 63.1 Å². The lowest BCUT2D eigenvalue weighted by molar-refractivity contribution is 0.434. The molecule has 0 spiro atoms.